The Labute approximate surface area is 177 Å². The first kappa shape index (κ1) is 22.7. The van der Waals surface area contributed by atoms with Gasteiger partial charge in [-0.3, -0.25) is 4.99 Å². The number of aromatic nitrogens is 2. The van der Waals surface area contributed by atoms with Gasteiger partial charge in [-0.05, 0) is 37.8 Å². The summed E-state index contributed by atoms with van der Waals surface area (Å²) in [5, 5.41) is 11.2. The lowest BCUT2D eigenvalue weighted by Gasteiger charge is -2.18. The van der Waals surface area contributed by atoms with Gasteiger partial charge in [0, 0.05) is 23.7 Å². The van der Waals surface area contributed by atoms with Gasteiger partial charge in [-0.2, -0.15) is 4.98 Å². The predicted octanol–water partition coefficient (Wildman–Crippen LogP) is 4.50. The van der Waals surface area contributed by atoms with Gasteiger partial charge in [0.2, 0.25) is 11.7 Å². The minimum Gasteiger partial charge on any atom is -0.354 e. The summed E-state index contributed by atoms with van der Waals surface area (Å²) in [7, 11) is 1.75. The fourth-order valence-corrected chi connectivity index (χ4v) is 2.50. The molecule has 0 fully saturated rings. The second kappa shape index (κ2) is 11.4. The molecule has 144 valence electrons. The van der Waals surface area contributed by atoms with Crippen LogP contribution in [0.5, 0.6) is 0 Å². The highest BCUT2D eigenvalue weighted by Crippen LogP contribution is 2.19. The largest absolute Gasteiger partial charge is 0.354 e. The van der Waals surface area contributed by atoms with Crippen LogP contribution in [0.25, 0.3) is 11.4 Å². The second-order valence-electron chi connectivity index (χ2n) is 6.46. The van der Waals surface area contributed by atoms with Crippen LogP contribution in [0.15, 0.2) is 33.8 Å². The Bertz CT molecular complexity index is 704. The van der Waals surface area contributed by atoms with E-state index in [1.165, 1.54) is 6.42 Å². The average molecular weight is 492 g/mol. The van der Waals surface area contributed by atoms with Gasteiger partial charge >= 0.3 is 0 Å². The highest BCUT2D eigenvalue weighted by molar-refractivity contribution is 14.0. The third-order valence-electron chi connectivity index (χ3n) is 3.74. The molecule has 2 aromatic rings. The van der Waals surface area contributed by atoms with E-state index in [2.05, 4.69) is 46.5 Å². The molecule has 0 spiro atoms. The number of nitrogens with one attached hydrogen (secondary N) is 2. The van der Waals surface area contributed by atoms with Crippen LogP contribution in [0, 0.1) is 5.92 Å². The zero-order valence-electron chi connectivity index (χ0n) is 15.6. The first-order chi connectivity index (χ1) is 12.0. The number of nitrogens with zero attached hydrogens (tertiary/aromatic N) is 3. The maximum atomic E-state index is 5.99. The van der Waals surface area contributed by atoms with Gasteiger partial charge in [-0.25, -0.2) is 0 Å². The van der Waals surface area contributed by atoms with Crippen molar-refractivity contribution in [2.45, 2.75) is 46.2 Å². The SMILES string of the molecule is CN=C(NCc1nc(-c2cccc(Cl)c2)no1)NC(C)CCC(C)C.I. The number of benzene rings is 1. The molecular weight excluding hydrogens is 465 g/mol. The maximum absolute atomic E-state index is 5.99. The van der Waals surface area contributed by atoms with Crippen molar-refractivity contribution in [2.75, 3.05) is 7.05 Å². The fourth-order valence-electron chi connectivity index (χ4n) is 2.31. The van der Waals surface area contributed by atoms with Crippen LogP contribution in [0.3, 0.4) is 0 Å². The third-order valence-corrected chi connectivity index (χ3v) is 3.98. The van der Waals surface area contributed by atoms with Gasteiger partial charge in [0.05, 0.1) is 6.54 Å². The minimum atomic E-state index is 0. The third kappa shape index (κ3) is 7.49. The fraction of sp³-hybridized carbons (Fsp3) is 0.500. The van der Waals surface area contributed by atoms with Crippen molar-refractivity contribution in [1.82, 2.24) is 20.8 Å². The van der Waals surface area contributed by atoms with Crippen LogP contribution < -0.4 is 10.6 Å². The monoisotopic (exact) mass is 491 g/mol. The Hall–Kier alpha value is -1.35. The summed E-state index contributed by atoms with van der Waals surface area (Å²) in [6, 6.07) is 7.71. The van der Waals surface area contributed by atoms with Gasteiger partial charge in [-0.15, -0.1) is 24.0 Å². The molecule has 0 radical (unpaired) electrons. The summed E-state index contributed by atoms with van der Waals surface area (Å²) in [4.78, 5) is 8.62. The lowest BCUT2D eigenvalue weighted by atomic mass is 10.0. The highest BCUT2D eigenvalue weighted by Gasteiger charge is 2.11. The van der Waals surface area contributed by atoms with E-state index in [4.69, 9.17) is 16.1 Å². The molecule has 0 saturated carbocycles. The summed E-state index contributed by atoms with van der Waals surface area (Å²) >= 11 is 5.99. The summed E-state index contributed by atoms with van der Waals surface area (Å²) in [5.41, 5.74) is 0.826. The molecule has 1 heterocycles. The molecule has 1 aromatic heterocycles. The Kier molecular flexibility index (Phi) is 9.93. The quantitative estimate of drug-likeness (QED) is 0.339. The smallest absolute Gasteiger partial charge is 0.246 e. The zero-order chi connectivity index (χ0) is 18.2. The summed E-state index contributed by atoms with van der Waals surface area (Å²) < 4.78 is 5.29. The van der Waals surface area contributed by atoms with E-state index in [1.807, 2.05) is 18.2 Å². The Balaban J connectivity index is 0.00000338. The molecule has 1 unspecified atom stereocenters. The molecule has 0 aliphatic carbocycles. The van der Waals surface area contributed by atoms with E-state index in [9.17, 15) is 0 Å². The van der Waals surface area contributed by atoms with Crippen LogP contribution in [0.4, 0.5) is 0 Å². The first-order valence-electron chi connectivity index (χ1n) is 8.53. The van der Waals surface area contributed by atoms with Crippen molar-refractivity contribution in [1.29, 1.82) is 0 Å². The van der Waals surface area contributed by atoms with E-state index in [1.54, 1.807) is 13.1 Å². The predicted molar refractivity (Wildman–Crippen MR) is 117 cm³/mol. The van der Waals surface area contributed by atoms with Crippen molar-refractivity contribution in [3.63, 3.8) is 0 Å². The van der Waals surface area contributed by atoms with Crippen molar-refractivity contribution >= 4 is 41.5 Å². The van der Waals surface area contributed by atoms with Crippen molar-refractivity contribution < 1.29 is 4.52 Å². The van der Waals surface area contributed by atoms with E-state index in [0.717, 1.165) is 17.9 Å². The Morgan fingerprint density at radius 1 is 1.27 bits per heavy atom. The summed E-state index contributed by atoms with van der Waals surface area (Å²) in [6.07, 6.45) is 2.27. The highest BCUT2D eigenvalue weighted by atomic mass is 127. The van der Waals surface area contributed by atoms with E-state index < -0.39 is 0 Å². The zero-order valence-corrected chi connectivity index (χ0v) is 18.7. The molecule has 1 aromatic carbocycles. The average Bonchev–Trinajstić information content (AvgIpc) is 3.05. The van der Waals surface area contributed by atoms with Crippen LogP contribution in [-0.4, -0.2) is 29.2 Å². The summed E-state index contributed by atoms with van der Waals surface area (Å²) in [5.74, 6) is 2.43. The lowest BCUT2D eigenvalue weighted by molar-refractivity contribution is 0.375. The number of aliphatic imine (C=N–C) groups is 1. The van der Waals surface area contributed by atoms with Gasteiger partial charge in [0.15, 0.2) is 5.96 Å². The molecule has 0 bridgehead atoms. The molecule has 8 heteroatoms. The van der Waals surface area contributed by atoms with E-state index in [-0.39, 0.29) is 24.0 Å². The molecule has 0 aliphatic rings. The number of hydrogen-bond donors (Lipinski definition) is 2. The molecule has 0 aliphatic heterocycles. The maximum Gasteiger partial charge on any atom is 0.246 e. The van der Waals surface area contributed by atoms with Gasteiger partial charge in [0.1, 0.15) is 0 Å². The molecule has 2 rings (SSSR count). The van der Waals surface area contributed by atoms with E-state index >= 15 is 0 Å². The molecule has 2 N–H and O–H groups in total. The molecule has 26 heavy (non-hydrogen) atoms. The number of guanidine groups is 1. The van der Waals surface area contributed by atoms with Crippen molar-refractivity contribution in [3.8, 4) is 11.4 Å². The Morgan fingerprint density at radius 2 is 2.04 bits per heavy atom. The molecule has 0 amide bonds. The van der Waals surface area contributed by atoms with Crippen LogP contribution in [0.2, 0.25) is 5.02 Å². The normalized spacial score (nSPS) is 12.6. The molecule has 0 saturated heterocycles. The van der Waals surface area contributed by atoms with Gasteiger partial charge in [-0.1, -0.05) is 42.7 Å². The van der Waals surface area contributed by atoms with Crippen molar-refractivity contribution in [2.24, 2.45) is 10.9 Å². The van der Waals surface area contributed by atoms with Crippen LogP contribution in [-0.2, 0) is 6.54 Å². The molecule has 1 atom stereocenters. The van der Waals surface area contributed by atoms with Crippen molar-refractivity contribution in [3.05, 3.63) is 35.2 Å². The topological polar surface area (TPSA) is 75.3 Å². The van der Waals surface area contributed by atoms with Crippen LogP contribution in [0.1, 0.15) is 39.5 Å². The lowest BCUT2D eigenvalue weighted by Crippen LogP contribution is -2.42. The van der Waals surface area contributed by atoms with Crippen LogP contribution >= 0.6 is 35.6 Å². The number of rotatable bonds is 7. The standard InChI is InChI=1S/C18H26ClN5O.HI/c1-12(2)8-9-13(3)22-18(20-4)21-11-16-23-17(24-25-16)14-6-5-7-15(19)10-14;/h5-7,10,12-13H,8-9,11H2,1-4H3,(H2,20,21,22);1H. The minimum absolute atomic E-state index is 0. The number of hydrogen-bond acceptors (Lipinski definition) is 4. The second-order valence-corrected chi connectivity index (χ2v) is 6.90. The molecular formula is C18H27ClIN5O. The van der Waals surface area contributed by atoms with Gasteiger partial charge in [0.25, 0.3) is 0 Å². The molecule has 6 nitrogen and oxygen atoms in total. The van der Waals surface area contributed by atoms with Gasteiger partial charge < -0.3 is 15.2 Å². The Morgan fingerprint density at radius 3 is 2.69 bits per heavy atom. The number of halogens is 2. The van der Waals surface area contributed by atoms with E-state index in [0.29, 0.717) is 35.2 Å². The first-order valence-corrected chi connectivity index (χ1v) is 8.91. The summed E-state index contributed by atoms with van der Waals surface area (Å²) in [6.45, 7) is 7.02.